The molecule has 2 amide bonds. The van der Waals surface area contributed by atoms with Crippen molar-refractivity contribution in [2.24, 2.45) is 0 Å². The summed E-state index contributed by atoms with van der Waals surface area (Å²) >= 11 is 0. The number of carbonyl (C=O) groups is 3. The van der Waals surface area contributed by atoms with Gasteiger partial charge >= 0.3 is 5.97 Å². The number of hydrogen-bond donors (Lipinski definition) is 1. The van der Waals surface area contributed by atoms with Gasteiger partial charge in [-0.1, -0.05) is 6.07 Å². The molecule has 17 heavy (non-hydrogen) atoms. The van der Waals surface area contributed by atoms with Crippen molar-refractivity contribution >= 4 is 17.8 Å². The van der Waals surface area contributed by atoms with E-state index in [1.807, 2.05) is 0 Å². The number of nitrogens with one attached hydrogen (secondary N) is 1. The highest BCUT2D eigenvalue weighted by molar-refractivity contribution is 6.05. The SMILES string of the molecule is CCOC(=O)c1cccc(C(=O)NC(C)=O)c1. The lowest BCUT2D eigenvalue weighted by Crippen LogP contribution is -2.28. The van der Waals surface area contributed by atoms with Crippen LogP contribution in [0.1, 0.15) is 34.6 Å². The van der Waals surface area contributed by atoms with Gasteiger partial charge in [0.2, 0.25) is 5.91 Å². The molecule has 5 nitrogen and oxygen atoms in total. The van der Waals surface area contributed by atoms with Crippen molar-refractivity contribution in [2.75, 3.05) is 6.61 Å². The first-order valence-electron chi connectivity index (χ1n) is 5.13. The van der Waals surface area contributed by atoms with Gasteiger partial charge in [0, 0.05) is 12.5 Å². The van der Waals surface area contributed by atoms with E-state index in [1.165, 1.54) is 19.1 Å². The molecule has 1 N–H and O–H groups in total. The van der Waals surface area contributed by atoms with Gasteiger partial charge in [-0.2, -0.15) is 0 Å². The lowest BCUT2D eigenvalue weighted by Gasteiger charge is -2.04. The normalized spacial score (nSPS) is 9.53. The Labute approximate surface area is 98.8 Å². The molecule has 0 aliphatic rings. The van der Waals surface area contributed by atoms with Crippen molar-refractivity contribution in [3.63, 3.8) is 0 Å². The Morgan fingerprint density at radius 1 is 1.24 bits per heavy atom. The van der Waals surface area contributed by atoms with Crippen LogP contribution in [0.5, 0.6) is 0 Å². The van der Waals surface area contributed by atoms with Crippen molar-refractivity contribution in [1.29, 1.82) is 0 Å². The van der Waals surface area contributed by atoms with Gasteiger partial charge in [0.15, 0.2) is 0 Å². The summed E-state index contributed by atoms with van der Waals surface area (Å²) in [4.78, 5) is 33.6. The van der Waals surface area contributed by atoms with Crippen LogP contribution in [0, 0.1) is 0 Å². The fourth-order valence-corrected chi connectivity index (χ4v) is 1.23. The van der Waals surface area contributed by atoms with Crippen molar-refractivity contribution < 1.29 is 19.1 Å². The molecule has 0 aromatic heterocycles. The molecule has 1 aromatic rings. The zero-order valence-electron chi connectivity index (χ0n) is 9.65. The summed E-state index contributed by atoms with van der Waals surface area (Å²) in [6.07, 6.45) is 0. The topological polar surface area (TPSA) is 72.5 Å². The van der Waals surface area contributed by atoms with E-state index < -0.39 is 17.8 Å². The zero-order valence-corrected chi connectivity index (χ0v) is 9.65. The Balaban J connectivity index is 2.89. The second-order valence-corrected chi connectivity index (χ2v) is 3.31. The van der Waals surface area contributed by atoms with Crippen molar-refractivity contribution in [1.82, 2.24) is 5.32 Å². The van der Waals surface area contributed by atoms with E-state index >= 15 is 0 Å². The molecular weight excluding hydrogens is 222 g/mol. The zero-order chi connectivity index (χ0) is 12.8. The first-order chi connectivity index (χ1) is 8.04. The van der Waals surface area contributed by atoms with Gasteiger partial charge in [0.05, 0.1) is 12.2 Å². The minimum absolute atomic E-state index is 0.241. The number of benzene rings is 1. The molecule has 0 heterocycles. The van der Waals surface area contributed by atoms with Crippen LogP contribution in [0.3, 0.4) is 0 Å². The number of ether oxygens (including phenoxy) is 1. The monoisotopic (exact) mass is 235 g/mol. The van der Waals surface area contributed by atoms with Crippen LogP contribution in [-0.2, 0) is 9.53 Å². The molecule has 1 aromatic carbocycles. The van der Waals surface area contributed by atoms with Gasteiger partial charge < -0.3 is 4.74 Å². The number of rotatable bonds is 3. The minimum atomic E-state index is -0.538. The predicted octanol–water partition coefficient (Wildman–Crippen LogP) is 1.14. The fourth-order valence-electron chi connectivity index (χ4n) is 1.23. The van der Waals surface area contributed by atoms with Crippen molar-refractivity contribution in [3.8, 4) is 0 Å². The number of imide groups is 1. The molecule has 90 valence electrons. The molecule has 0 fully saturated rings. The Morgan fingerprint density at radius 2 is 1.88 bits per heavy atom. The first-order valence-corrected chi connectivity index (χ1v) is 5.13. The van der Waals surface area contributed by atoms with E-state index in [-0.39, 0.29) is 17.7 Å². The average Bonchev–Trinajstić information content (AvgIpc) is 2.28. The van der Waals surface area contributed by atoms with E-state index in [2.05, 4.69) is 5.32 Å². The summed E-state index contributed by atoms with van der Waals surface area (Å²) in [6.45, 7) is 3.21. The Kier molecular flexibility index (Phi) is 4.39. The van der Waals surface area contributed by atoms with E-state index in [0.29, 0.717) is 0 Å². The molecule has 0 saturated carbocycles. The Bertz CT molecular complexity index is 454. The van der Waals surface area contributed by atoms with Gasteiger partial charge in [0.1, 0.15) is 0 Å². The van der Waals surface area contributed by atoms with Crippen LogP contribution in [-0.4, -0.2) is 24.4 Å². The van der Waals surface area contributed by atoms with Crippen LogP contribution < -0.4 is 5.32 Å². The van der Waals surface area contributed by atoms with Gasteiger partial charge in [-0.15, -0.1) is 0 Å². The van der Waals surface area contributed by atoms with Crippen LogP contribution in [0.4, 0.5) is 0 Å². The highest BCUT2D eigenvalue weighted by Crippen LogP contribution is 2.07. The predicted molar refractivity (Wildman–Crippen MR) is 60.5 cm³/mol. The number of hydrogen-bond acceptors (Lipinski definition) is 4. The molecule has 0 aliphatic heterocycles. The summed E-state index contributed by atoms with van der Waals surface area (Å²) in [5.41, 5.74) is 0.522. The maximum Gasteiger partial charge on any atom is 0.338 e. The molecule has 1 rings (SSSR count). The molecular formula is C12H13NO4. The van der Waals surface area contributed by atoms with E-state index in [4.69, 9.17) is 4.74 Å². The van der Waals surface area contributed by atoms with Gasteiger partial charge in [-0.25, -0.2) is 4.79 Å². The quantitative estimate of drug-likeness (QED) is 0.797. The maximum atomic E-state index is 11.5. The van der Waals surface area contributed by atoms with Crippen LogP contribution >= 0.6 is 0 Å². The number of amides is 2. The molecule has 0 spiro atoms. The summed E-state index contributed by atoms with van der Waals surface area (Å²) in [5.74, 6) is -1.48. The van der Waals surface area contributed by atoms with Crippen molar-refractivity contribution in [3.05, 3.63) is 35.4 Å². The summed E-state index contributed by atoms with van der Waals surface area (Å²) in [6, 6.07) is 6.00. The Hall–Kier alpha value is -2.17. The smallest absolute Gasteiger partial charge is 0.338 e. The minimum Gasteiger partial charge on any atom is -0.462 e. The van der Waals surface area contributed by atoms with Crippen molar-refractivity contribution in [2.45, 2.75) is 13.8 Å². The van der Waals surface area contributed by atoms with Crippen LogP contribution in [0.15, 0.2) is 24.3 Å². The highest BCUT2D eigenvalue weighted by atomic mass is 16.5. The second-order valence-electron chi connectivity index (χ2n) is 3.31. The summed E-state index contributed by atoms with van der Waals surface area (Å²) in [7, 11) is 0. The molecule has 0 bridgehead atoms. The number of carbonyl (C=O) groups excluding carboxylic acids is 3. The van der Waals surface area contributed by atoms with Gasteiger partial charge in [-0.05, 0) is 25.1 Å². The first kappa shape index (κ1) is 12.9. The van der Waals surface area contributed by atoms with Crippen LogP contribution in [0.25, 0.3) is 0 Å². The molecule has 0 unspecified atom stereocenters. The largest absolute Gasteiger partial charge is 0.462 e. The molecule has 5 heteroatoms. The molecule has 0 saturated heterocycles. The number of esters is 1. The lowest BCUT2D eigenvalue weighted by atomic mass is 10.1. The lowest BCUT2D eigenvalue weighted by molar-refractivity contribution is -0.118. The van der Waals surface area contributed by atoms with Gasteiger partial charge in [0.25, 0.3) is 5.91 Å². The van der Waals surface area contributed by atoms with E-state index in [1.54, 1.807) is 19.1 Å². The summed E-state index contributed by atoms with van der Waals surface area (Å²) < 4.78 is 4.81. The third-order valence-electron chi connectivity index (χ3n) is 1.93. The Morgan fingerprint density at radius 3 is 2.47 bits per heavy atom. The van der Waals surface area contributed by atoms with Gasteiger partial charge in [-0.3, -0.25) is 14.9 Å². The molecule has 0 radical (unpaired) electrons. The van der Waals surface area contributed by atoms with E-state index in [9.17, 15) is 14.4 Å². The molecule has 0 atom stereocenters. The highest BCUT2D eigenvalue weighted by Gasteiger charge is 2.11. The second kappa shape index (κ2) is 5.79. The summed E-state index contributed by atoms with van der Waals surface area (Å²) in [5, 5.41) is 2.13. The fraction of sp³-hybridized carbons (Fsp3) is 0.250. The van der Waals surface area contributed by atoms with Crippen LogP contribution in [0.2, 0.25) is 0 Å². The van der Waals surface area contributed by atoms with E-state index in [0.717, 1.165) is 0 Å². The molecule has 0 aliphatic carbocycles. The third-order valence-corrected chi connectivity index (χ3v) is 1.93. The third kappa shape index (κ3) is 3.71. The maximum absolute atomic E-state index is 11.5. The average molecular weight is 235 g/mol. The standard InChI is InChI=1S/C12H13NO4/c1-3-17-12(16)10-6-4-5-9(7-10)11(15)13-8(2)14/h4-7H,3H2,1-2H3,(H,13,14,15).